The summed E-state index contributed by atoms with van der Waals surface area (Å²) < 4.78 is 0. The Bertz CT molecular complexity index is 669. The summed E-state index contributed by atoms with van der Waals surface area (Å²) in [6.45, 7) is 8.07. The first kappa shape index (κ1) is 59.1. The van der Waals surface area contributed by atoms with Crippen LogP contribution in [-0.2, 0) is 4.79 Å². The fourth-order valence-corrected chi connectivity index (χ4v) is 8.83. The standard InChI is InChI=1S/C53H107NO2.Li/c1-3-5-7-9-11-13-15-17-19-21-23-25-27-29-31-33-35-37-39-41-43-46-50-54(52-48-45-49-53(55)56)51-47-44-42-40-38-36-34-32-30-28-26-24-22-20-18-16-14-12-10-8-6-4-2;/h3-52H2,1-2H3,(H,55,56);/q;+1/p-1. The van der Waals surface area contributed by atoms with Gasteiger partial charge in [-0.1, -0.05) is 284 Å². The molecule has 0 fully saturated rings. The van der Waals surface area contributed by atoms with Gasteiger partial charge in [-0.25, -0.2) is 0 Å². The number of carbonyl (C=O) groups excluding carboxylic acids is 1. The molecule has 0 spiro atoms. The number of unbranched alkanes of at least 4 members (excludes halogenated alkanes) is 43. The van der Waals surface area contributed by atoms with Crippen LogP contribution >= 0.6 is 0 Å². The molecule has 3 nitrogen and oxygen atoms in total. The number of rotatable bonds is 51. The number of aliphatic carboxylic acids is 1. The monoisotopic (exact) mass is 796 g/mol. The SMILES string of the molecule is CCCCCCCCCCCCCCCCCCCCCCCCN(CCCCCCCCCCCCCCCCCCCCCCCC)CCCCC(=O)[O-].[Li+]. The fourth-order valence-electron chi connectivity index (χ4n) is 8.83. The molecule has 0 aliphatic rings. The van der Waals surface area contributed by atoms with Crippen LogP contribution in [0.4, 0.5) is 0 Å². The van der Waals surface area contributed by atoms with Crippen molar-refractivity contribution in [1.29, 1.82) is 0 Å². The number of hydrogen-bond acceptors (Lipinski definition) is 3. The van der Waals surface area contributed by atoms with E-state index in [1.54, 1.807) is 0 Å². The van der Waals surface area contributed by atoms with Crippen LogP contribution in [-0.4, -0.2) is 30.5 Å². The zero-order valence-corrected chi connectivity index (χ0v) is 40.1. The van der Waals surface area contributed by atoms with Crippen molar-refractivity contribution in [3.05, 3.63) is 0 Å². The van der Waals surface area contributed by atoms with E-state index in [9.17, 15) is 9.90 Å². The Balaban J connectivity index is 0. The molecule has 0 N–H and O–H groups in total. The second kappa shape index (κ2) is 54.0. The van der Waals surface area contributed by atoms with E-state index in [0.29, 0.717) is 0 Å². The maximum absolute atomic E-state index is 10.9. The van der Waals surface area contributed by atoms with Gasteiger partial charge < -0.3 is 14.8 Å². The van der Waals surface area contributed by atoms with E-state index >= 15 is 0 Å². The van der Waals surface area contributed by atoms with Crippen LogP contribution in [0.25, 0.3) is 0 Å². The summed E-state index contributed by atoms with van der Waals surface area (Å²) in [6, 6.07) is 0. The van der Waals surface area contributed by atoms with Crippen molar-refractivity contribution >= 4 is 5.97 Å². The number of hydrogen-bond donors (Lipinski definition) is 0. The Morgan fingerprint density at radius 1 is 0.281 bits per heavy atom. The van der Waals surface area contributed by atoms with E-state index in [4.69, 9.17) is 0 Å². The molecule has 0 atom stereocenters. The van der Waals surface area contributed by atoms with Crippen LogP contribution in [0, 0.1) is 0 Å². The summed E-state index contributed by atoms with van der Waals surface area (Å²) in [6.07, 6.45) is 65.1. The molecule has 0 aromatic rings. The third-order valence-corrected chi connectivity index (χ3v) is 12.8. The third kappa shape index (κ3) is 54.0. The van der Waals surface area contributed by atoms with Gasteiger partial charge in [0.15, 0.2) is 0 Å². The Kier molecular flexibility index (Phi) is 56.1. The van der Waals surface area contributed by atoms with Crippen LogP contribution < -0.4 is 24.0 Å². The van der Waals surface area contributed by atoms with Gasteiger partial charge in [0, 0.05) is 5.97 Å². The predicted octanol–water partition coefficient (Wildman–Crippen LogP) is 14.4. The molecule has 0 aliphatic heterocycles. The van der Waals surface area contributed by atoms with Crippen molar-refractivity contribution in [3.63, 3.8) is 0 Å². The molecule has 0 radical (unpaired) electrons. The van der Waals surface area contributed by atoms with Crippen molar-refractivity contribution in [3.8, 4) is 0 Å². The first-order valence-electron chi connectivity index (χ1n) is 26.6. The topological polar surface area (TPSA) is 43.4 Å². The van der Waals surface area contributed by atoms with Crippen molar-refractivity contribution in [1.82, 2.24) is 4.90 Å². The molecule has 0 saturated carbocycles. The van der Waals surface area contributed by atoms with Crippen LogP contribution in [0.3, 0.4) is 0 Å². The van der Waals surface area contributed by atoms with E-state index in [-0.39, 0.29) is 25.3 Å². The smallest absolute Gasteiger partial charge is 0.550 e. The molecule has 57 heavy (non-hydrogen) atoms. The molecule has 0 aromatic carbocycles. The molecule has 0 saturated heterocycles. The maximum atomic E-state index is 10.9. The Hall–Kier alpha value is 0.0274. The molecule has 0 aromatic heterocycles. The minimum atomic E-state index is -0.893. The molecule has 0 heterocycles. The van der Waals surface area contributed by atoms with E-state index in [1.807, 2.05) is 0 Å². The van der Waals surface area contributed by atoms with Gasteiger partial charge in [0.25, 0.3) is 0 Å². The van der Waals surface area contributed by atoms with Crippen molar-refractivity contribution in [2.75, 3.05) is 19.6 Å². The predicted molar refractivity (Wildman–Crippen MR) is 250 cm³/mol. The Morgan fingerprint density at radius 2 is 0.439 bits per heavy atom. The molecule has 336 valence electrons. The van der Waals surface area contributed by atoms with Gasteiger partial charge in [-0.15, -0.1) is 0 Å². The quantitative estimate of drug-likeness (QED) is 0.0455. The van der Waals surface area contributed by atoms with E-state index < -0.39 is 5.97 Å². The van der Waals surface area contributed by atoms with Crippen LogP contribution in [0.15, 0.2) is 0 Å². The Morgan fingerprint density at radius 3 is 0.614 bits per heavy atom. The second-order valence-electron chi connectivity index (χ2n) is 18.5. The first-order chi connectivity index (χ1) is 27.7. The van der Waals surface area contributed by atoms with Gasteiger partial charge in [0.1, 0.15) is 0 Å². The zero-order chi connectivity index (χ0) is 40.5. The molecule has 0 unspecified atom stereocenters. The summed E-state index contributed by atoms with van der Waals surface area (Å²) in [4.78, 5) is 13.5. The molecule has 4 heteroatoms. The van der Waals surface area contributed by atoms with Gasteiger partial charge in [-0.3, -0.25) is 0 Å². The van der Waals surface area contributed by atoms with Gasteiger partial charge in [0.2, 0.25) is 0 Å². The normalized spacial score (nSPS) is 11.5. The average molecular weight is 796 g/mol. The molecule has 0 amide bonds. The number of carbonyl (C=O) groups is 1. The second-order valence-corrected chi connectivity index (χ2v) is 18.5. The summed E-state index contributed by atoms with van der Waals surface area (Å²) in [5, 5.41) is 10.9. The summed E-state index contributed by atoms with van der Waals surface area (Å²) in [5.41, 5.74) is 0. The summed E-state index contributed by atoms with van der Waals surface area (Å²) in [5.74, 6) is -0.893. The van der Waals surface area contributed by atoms with Crippen LogP contribution in [0.5, 0.6) is 0 Å². The van der Waals surface area contributed by atoms with Crippen LogP contribution in [0.1, 0.15) is 316 Å². The number of carboxylic acid groups (broad SMARTS) is 1. The minimum absolute atomic E-state index is 0. The maximum Gasteiger partial charge on any atom is 1.00 e. The van der Waals surface area contributed by atoms with E-state index in [0.717, 1.165) is 19.4 Å². The minimum Gasteiger partial charge on any atom is -0.550 e. The van der Waals surface area contributed by atoms with Crippen molar-refractivity contribution in [2.24, 2.45) is 0 Å². The number of carboxylic acids is 1. The van der Waals surface area contributed by atoms with Crippen LogP contribution in [0.2, 0.25) is 0 Å². The molecular weight excluding hydrogens is 690 g/mol. The number of nitrogens with zero attached hydrogens (tertiary/aromatic N) is 1. The molecule has 0 rings (SSSR count). The summed E-state index contributed by atoms with van der Waals surface area (Å²) in [7, 11) is 0. The van der Waals surface area contributed by atoms with E-state index in [2.05, 4.69) is 18.7 Å². The van der Waals surface area contributed by atoms with Gasteiger partial charge in [0.05, 0.1) is 0 Å². The molecular formula is C53H106LiNO2. The van der Waals surface area contributed by atoms with Gasteiger partial charge >= 0.3 is 18.9 Å². The van der Waals surface area contributed by atoms with Crippen molar-refractivity contribution in [2.45, 2.75) is 316 Å². The largest absolute Gasteiger partial charge is 1.00 e. The molecule has 0 aliphatic carbocycles. The summed E-state index contributed by atoms with van der Waals surface area (Å²) >= 11 is 0. The van der Waals surface area contributed by atoms with Gasteiger partial charge in [-0.2, -0.15) is 0 Å². The Labute approximate surface area is 373 Å². The average Bonchev–Trinajstić information content (AvgIpc) is 3.19. The third-order valence-electron chi connectivity index (χ3n) is 12.8. The van der Waals surface area contributed by atoms with Crippen molar-refractivity contribution < 1.29 is 28.8 Å². The molecule has 0 bridgehead atoms. The van der Waals surface area contributed by atoms with Gasteiger partial charge in [-0.05, 0) is 51.7 Å². The fraction of sp³-hybridized carbons (Fsp3) is 0.981. The zero-order valence-electron chi connectivity index (χ0n) is 40.1. The van der Waals surface area contributed by atoms with E-state index in [1.165, 1.54) is 296 Å². The first-order valence-corrected chi connectivity index (χ1v) is 26.6.